The Kier molecular flexibility index (Phi) is 10.4. The summed E-state index contributed by atoms with van der Waals surface area (Å²) in [6, 6.07) is 10.3. The zero-order chi connectivity index (χ0) is 31.7. The third-order valence-corrected chi connectivity index (χ3v) is 5.84. The lowest BCUT2D eigenvalue weighted by Gasteiger charge is -2.16. The van der Waals surface area contributed by atoms with Gasteiger partial charge in [0.1, 0.15) is 12.2 Å². The fourth-order valence-corrected chi connectivity index (χ4v) is 3.96. The number of hydrogen-bond donors (Lipinski definition) is 5. The van der Waals surface area contributed by atoms with Crippen molar-refractivity contribution in [2.24, 2.45) is 0 Å². The first-order valence-corrected chi connectivity index (χ1v) is 12.4. The van der Waals surface area contributed by atoms with Crippen molar-refractivity contribution in [1.82, 2.24) is 0 Å². The van der Waals surface area contributed by atoms with E-state index >= 15 is 0 Å². The van der Waals surface area contributed by atoms with Gasteiger partial charge in [0.2, 0.25) is 0 Å². The zero-order valence-corrected chi connectivity index (χ0v) is 23.2. The molecule has 0 saturated heterocycles. The normalized spacial score (nSPS) is 11.5. The fraction of sp³-hybridized carbons (Fsp3) is 0.129. The molecule has 0 aliphatic rings. The van der Waals surface area contributed by atoms with Crippen LogP contribution in [-0.4, -0.2) is 64.8 Å². The topological polar surface area (TPSA) is 189 Å². The van der Waals surface area contributed by atoms with E-state index in [4.69, 9.17) is 29.2 Å². The van der Waals surface area contributed by atoms with E-state index in [1.807, 2.05) is 0 Å². The third kappa shape index (κ3) is 8.30. The van der Waals surface area contributed by atoms with Crippen molar-refractivity contribution in [3.8, 4) is 45.6 Å². The minimum absolute atomic E-state index is 0.00509. The Morgan fingerprint density at radius 2 is 1.14 bits per heavy atom. The average Bonchev–Trinajstić information content (AvgIpc) is 2.96. The van der Waals surface area contributed by atoms with Crippen LogP contribution in [0.25, 0.3) is 29.4 Å². The van der Waals surface area contributed by atoms with Gasteiger partial charge in [-0.15, -0.1) is 0 Å². The van der Waals surface area contributed by atoms with E-state index < -0.39 is 24.3 Å². The minimum atomic E-state index is -1.21. The number of phenols is 2. The molecule has 0 spiro atoms. The first-order valence-electron chi connectivity index (χ1n) is 12.4. The molecule has 43 heavy (non-hydrogen) atoms. The summed E-state index contributed by atoms with van der Waals surface area (Å²) >= 11 is 0. The van der Waals surface area contributed by atoms with E-state index in [2.05, 4.69) is 0 Å². The minimum Gasteiger partial charge on any atom is -0.504 e. The van der Waals surface area contributed by atoms with Crippen molar-refractivity contribution in [2.75, 3.05) is 21.3 Å². The molecule has 12 nitrogen and oxygen atoms in total. The lowest BCUT2D eigenvalue weighted by Crippen LogP contribution is -2.04. The first-order chi connectivity index (χ1) is 20.4. The SMILES string of the molecule is COc1cc(/C=C/C(=O)O)ccc1O/C(=C\c1cc(OC)c(O)c(-c2cc(/C=C/C(=O)O)cc(OC)c2O)c1)CC(=O)O. The van der Waals surface area contributed by atoms with E-state index in [0.717, 1.165) is 12.2 Å². The molecule has 0 unspecified atom stereocenters. The van der Waals surface area contributed by atoms with Crippen molar-refractivity contribution in [3.05, 3.63) is 77.1 Å². The number of benzene rings is 3. The first kappa shape index (κ1) is 31.6. The maximum absolute atomic E-state index is 11.7. The molecule has 224 valence electrons. The summed E-state index contributed by atoms with van der Waals surface area (Å²) < 4.78 is 21.8. The van der Waals surface area contributed by atoms with Gasteiger partial charge >= 0.3 is 17.9 Å². The molecule has 12 heteroatoms. The summed E-state index contributed by atoms with van der Waals surface area (Å²) in [5, 5.41) is 49.3. The lowest BCUT2D eigenvalue weighted by atomic mass is 9.97. The van der Waals surface area contributed by atoms with Gasteiger partial charge in [0, 0.05) is 23.3 Å². The summed E-state index contributed by atoms with van der Waals surface area (Å²) in [5.74, 6) is -3.95. The van der Waals surface area contributed by atoms with Crippen molar-refractivity contribution in [2.45, 2.75) is 6.42 Å². The number of hydrogen-bond acceptors (Lipinski definition) is 9. The van der Waals surface area contributed by atoms with E-state index in [0.29, 0.717) is 16.7 Å². The van der Waals surface area contributed by atoms with Gasteiger partial charge in [-0.05, 0) is 71.3 Å². The number of carbonyl (C=O) groups is 3. The Balaban J connectivity index is 2.16. The Hall–Kier alpha value is -5.91. The van der Waals surface area contributed by atoms with Gasteiger partial charge in [0.25, 0.3) is 0 Å². The summed E-state index contributed by atoms with van der Waals surface area (Å²) in [6.07, 6.45) is 5.31. The number of aromatic hydroxyl groups is 2. The zero-order valence-electron chi connectivity index (χ0n) is 23.2. The maximum Gasteiger partial charge on any atom is 0.328 e. The van der Waals surface area contributed by atoms with Gasteiger partial charge in [0.05, 0.1) is 21.3 Å². The molecule has 0 amide bonds. The molecule has 3 aromatic rings. The number of carboxylic acids is 3. The monoisotopic (exact) mass is 592 g/mol. The second-order valence-corrected chi connectivity index (χ2v) is 8.78. The third-order valence-electron chi connectivity index (χ3n) is 5.84. The molecule has 0 aromatic heterocycles. The Morgan fingerprint density at radius 3 is 1.65 bits per heavy atom. The highest BCUT2D eigenvalue weighted by Gasteiger charge is 2.20. The quantitative estimate of drug-likeness (QED) is 0.134. The molecule has 0 saturated carbocycles. The smallest absolute Gasteiger partial charge is 0.328 e. The molecular weight excluding hydrogens is 564 g/mol. The summed E-state index contributed by atoms with van der Waals surface area (Å²) in [7, 11) is 3.98. The van der Waals surface area contributed by atoms with Crippen LogP contribution in [0.5, 0.6) is 34.5 Å². The predicted molar refractivity (Wildman–Crippen MR) is 156 cm³/mol. The molecular formula is C31H28O12. The van der Waals surface area contributed by atoms with Crippen LogP contribution in [0, 0.1) is 0 Å². The van der Waals surface area contributed by atoms with E-state index in [1.54, 1.807) is 6.07 Å². The van der Waals surface area contributed by atoms with Crippen LogP contribution >= 0.6 is 0 Å². The second kappa shape index (κ2) is 14.1. The average molecular weight is 593 g/mol. The Morgan fingerprint density at radius 1 is 0.651 bits per heavy atom. The van der Waals surface area contributed by atoms with Crippen LogP contribution in [0.1, 0.15) is 23.1 Å². The standard InChI is InChI=1S/C31H28O12/c1-40-24-13-17(5-8-27(32)33)4-7-23(24)43-20(16-29(36)37)10-19-12-22(31(39)26(15-19)42-3)21-11-18(6-9-28(34)35)14-25(41-2)30(21)38/h4-15,38-39H,16H2,1-3H3,(H,32,33)(H,34,35)(H,36,37)/b8-5+,9-6+,20-10-. The van der Waals surface area contributed by atoms with Crippen LogP contribution in [0.2, 0.25) is 0 Å². The highest BCUT2D eigenvalue weighted by Crippen LogP contribution is 2.46. The second-order valence-electron chi connectivity index (χ2n) is 8.78. The van der Waals surface area contributed by atoms with Crippen LogP contribution < -0.4 is 18.9 Å². The molecule has 0 fully saturated rings. The van der Waals surface area contributed by atoms with Gasteiger partial charge in [-0.1, -0.05) is 6.07 Å². The molecule has 0 bridgehead atoms. The Labute approximate surface area is 245 Å². The lowest BCUT2D eigenvalue weighted by molar-refractivity contribution is -0.136. The van der Waals surface area contributed by atoms with E-state index in [1.165, 1.54) is 76.0 Å². The van der Waals surface area contributed by atoms with Gasteiger partial charge in [-0.2, -0.15) is 0 Å². The highest BCUT2D eigenvalue weighted by molar-refractivity contribution is 5.88. The summed E-state index contributed by atoms with van der Waals surface area (Å²) in [6.45, 7) is 0. The number of ether oxygens (including phenoxy) is 4. The van der Waals surface area contributed by atoms with E-state index in [-0.39, 0.29) is 51.4 Å². The van der Waals surface area contributed by atoms with Gasteiger partial charge in [-0.25, -0.2) is 9.59 Å². The molecule has 0 radical (unpaired) electrons. The van der Waals surface area contributed by atoms with Crippen LogP contribution in [0.15, 0.2) is 60.4 Å². The van der Waals surface area contributed by atoms with Gasteiger partial charge < -0.3 is 44.5 Å². The number of carboxylic acid groups (broad SMARTS) is 3. The maximum atomic E-state index is 11.7. The summed E-state index contributed by atoms with van der Waals surface area (Å²) in [4.78, 5) is 33.6. The molecule has 3 aromatic carbocycles. The van der Waals surface area contributed by atoms with E-state index in [9.17, 15) is 29.7 Å². The number of methoxy groups -OCH3 is 3. The van der Waals surface area contributed by atoms with Gasteiger partial charge in [-0.3, -0.25) is 4.79 Å². The molecule has 0 aliphatic heterocycles. The fourth-order valence-electron chi connectivity index (χ4n) is 3.96. The van der Waals surface area contributed by atoms with Crippen molar-refractivity contribution >= 4 is 36.1 Å². The highest BCUT2D eigenvalue weighted by atomic mass is 16.5. The van der Waals surface area contributed by atoms with Crippen LogP contribution in [0.4, 0.5) is 0 Å². The molecule has 3 rings (SSSR count). The van der Waals surface area contributed by atoms with Crippen LogP contribution in [0.3, 0.4) is 0 Å². The molecule has 0 atom stereocenters. The molecule has 0 heterocycles. The van der Waals surface area contributed by atoms with Gasteiger partial charge in [0.15, 0.2) is 34.5 Å². The van der Waals surface area contributed by atoms with Crippen molar-refractivity contribution in [1.29, 1.82) is 0 Å². The molecule has 0 aliphatic carbocycles. The number of rotatable bonds is 13. The van der Waals surface area contributed by atoms with Crippen molar-refractivity contribution < 1.29 is 58.9 Å². The largest absolute Gasteiger partial charge is 0.504 e. The predicted octanol–water partition coefficient (Wildman–Crippen LogP) is 4.88. The molecule has 5 N–H and O–H groups in total. The van der Waals surface area contributed by atoms with Crippen molar-refractivity contribution in [3.63, 3.8) is 0 Å². The summed E-state index contributed by atoms with van der Waals surface area (Å²) in [5.41, 5.74) is 1.29. The Bertz CT molecular complexity index is 1630. The van der Waals surface area contributed by atoms with Crippen LogP contribution in [-0.2, 0) is 14.4 Å². The number of phenolic OH excluding ortho intramolecular Hbond substituents is 2. The number of aliphatic carboxylic acids is 3.